The summed E-state index contributed by atoms with van der Waals surface area (Å²) in [6.45, 7) is 4.59. The molecule has 0 bridgehead atoms. The van der Waals surface area contributed by atoms with Crippen LogP contribution in [0.25, 0.3) is 0 Å². The van der Waals surface area contributed by atoms with Gasteiger partial charge in [0.15, 0.2) is 0 Å². The summed E-state index contributed by atoms with van der Waals surface area (Å²) in [6.07, 6.45) is 0. The van der Waals surface area contributed by atoms with Gasteiger partial charge in [-0.15, -0.1) is 0 Å². The molecular formula is C14H18N4O4S. The predicted octanol–water partition coefficient (Wildman–Crippen LogP) is 1.79. The van der Waals surface area contributed by atoms with Crippen molar-refractivity contribution in [1.82, 2.24) is 10.2 Å². The number of nitrogens with zero attached hydrogens (tertiary/aromatic N) is 1. The molecule has 0 radical (unpaired) electrons. The number of ether oxygens (including phenoxy) is 1. The Balaban J connectivity index is 2.38. The molecule has 2 aromatic rings. The van der Waals surface area contributed by atoms with E-state index in [0.29, 0.717) is 28.5 Å². The summed E-state index contributed by atoms with van der Waals surface area (Å²) in [4.78, 5) is 11.3. The van der Waals surface area contributed by atoms with E-state index < -0.39 is 10.0 Å². The Morgan fingerprint density at radius 2 is 2.00 bits per heavy atom. The fourth-order valence-corrected chi connectivity index (χ4v) is 3.62. The van der Waals surface area contributed by atoms with Crippen molar-refractivity contribution in [3.8, 4) is 5.75 Å². The Kier molecular flexibility index (Phi) is 4.60. The molecule has 0 spiro atoms. The van der Waals surface area contributed by atoms with Gasteiger partial charge in [-0.25, -0.2) is 8.42 Å². The number of aryl methyl sites for hydroxylation is 2. The van der Waals surface area contributed by atoms with Crippen molar-refractivity contribution in [2.45, 2.75) is 25.7 Å². The fraction of sp³-hybridized carbons (Fsp3) is 0.286. The van der Waals surface area contributed by atoms with Crippen LogP contribution in [0.15, 0.2) is 23.1 Å². The number of methoxy groups -OCH3 is 1. The Morgan fingerprint density at radius 1 is 1.30 bits per heavy atom. The minimum Gasteiger partial charge on any atom is -0.495 e. The quantitative estimate of drug-likeness (QED) is 0.769. The van der Waals surface area contributed by atoms with Crippen LogP contribution in [0.2, 0.25) is 0 Å². The molecule has 0 fully saturated rings. The number of amides is 1. The third-order valence-corrected chi connectivity index (χ3v) is 4.74. The number of H-pyrrole nitrogens is 1. The number of hydrogen-bond acceptors (Lipinski definition) is 5. The van der Waals surface area contributed by atoms with Gasteiger partial charge in [0.1, 0.15) is 10.6 Å². The number of carbonyl (C=O) groups excluding carboxylic acids is 1. The van der Waals surface area contributed by atoms with Gasteiger partial charge in [-0.1, -0.05) is 0 Å². The number of nitrogens with one attached hydrogen (secondary N) is 3. The molecule has 2 rings (SSSR count). The molecule has 8 nitrogen and oxygen atoms in total. The highest BCUT2D eigenvalue weighted by Crippen LogP contribution is 2.29. The number of anilines is 2. The summed E-state index contributed by atoms with van der Waals surface area (Å²) < 4.78 is 32.6. The molecule has 0 saturated heterocycles. The lowest BCUT2D eigenvalue weighted by molar-refractivity contribution is -0.114. The predicted molar refractivity (Wildman–Crippen MR) is 86.2 cm³/mol. The topological polar surface area (TPSA) is 113 Å². The van der Waals surface area contributed by atoms with Gasteiger partial charge in [0.25, 0.3) is 10.0 Å². The van der Waals surface area contributed by atoms with Crippen molar-refractivity contribution in [3.63, 3.8) is 0 Å². The van der Waals surface area contributed by atoms with E-state index in [2.05, 4.69) is 20.2 Å². The second-order valence-corrected chi connectivity index (χ2v) is 6.58. The number of benzene rings is 1. The maximum absolute atomic E-state index is 12.5. The van der Waals surface area contributed by atoms with Gasteiger partial charge in [0.2, 0.25) is 5.91 Å². The smallest absolute Gasteiger partial charge is 0.265 e. The van der Waals surface area contributed by atoms with Gasteiger partial charge in [-0.2, -0.15) is 5.10 Å². The molecule has 0 aliphatic rings. The minimum absolute atomic E-state index is 0.106. The van der Waals surface area contributed by atoms with Crippen LogP contribution in [0.5, 0.6) is 5.75 Å². The molecule has 0 saturated carbocycles. The van der Waals surface area contributed by atoms with Crippen molar-refractivity contribution < 1.29 is 17.9 Å². The molecule has 1 aromatic heterocycles. The molecule has 1 amide bonds. The van der Waals surface area contributed by atoms with Crippen molar-refractivity contribution in [2.24, 2.45) is 0 Å². The standard InChI is InChI=1S/C14H18N4O4S/c1-8-14(9(2)17-16-8)23(20,21)18-11-5-6-13(22-4)12(7-11)15-10(3)19/h5-7,18H,1-4H3,(H,15,19)(H,16,17). The van der Waals surface area contributed by atoms with Crippen molar-refractivity contribution in [1.29, 1.82) is 0 Å². The fourth-order valence-electron chi connectivity index (χ4n) is 2.20. The summed E-state index contributed by atoms with van der Waals surface area (Å²) in [5.74, 6) is 0.142. The maximum Gasteiger partial charge on any atom is 0.265 e. The van der Waals surface area contributed by atoms with Gasteiger partial charge in [0, 0.05) is 6.92 Å². The highest BCUT2D eigenvalue weighted by Gasteiger charge is 2.22. The summed E-state index contributed by atoms with van der Waals surface area (Å²) in [5.41, 5.74) is 1.51. The Morgan fingerprint density at radius 3 is 2.52 bits per heavy atom. The molecule has 9 heteroatoms. The van der Waals surface area contributed by atoms with Crippen LogP contribution >= 0.6 is 0 Å². The molecule has 0 unspecified atom stereocenters. The summed E-state index contributed by atoms with van der Waals surface area (Å²) >= 11 is 0. The molecule has 23 heavy (non-hydrogen) atoms. The van der Waals surface area contributed by atoms with E-state index in [9.17, 15) is 13.2 Å². The minimum atomic E-state index is -3.79. The van der Waals surface area contributed by atoms with Gasteiger partial charge >= 0.3 is 0 Å². The van der Waals surface area contributed by atoms with E-state index >= 15 is 0 Å². The molecule has 0 aliphatic heterocycles. The highest BCUT2D eigenvalue weighted by atomic mass is 32.2. The molecule has 1 aromatic carbocycles. The van der Waals surface area contributed by atoms with Gasteiger partial charge in [0.05, 0.1) is 29.9 Å². The number of carbonyl (C=O) groups is 1. The Bertz CT molecular complexity index is 823. The molecular weight excluding hydrogens is 320 g/mol. The summed E-state index contributed by atoms with van der Waals surface area (Å²) in [5, 5.41) is 9.12. The second kappa shape index (κ2) is 6.29. The monoisotopic (exact) mass is 338 g/mol. The number of sulfonamides is 1. The first-order valence-electron chi connectivity index (χ1n) is 6.74. The van der Waals surface area contributed by atoms with Gasteiger partial charge < -0.3 is 10.1 Å². The Labute approximate surface area is 134 Å². The molecule has 0 aliphatic carbocycles. The van der Waals surface area contributed by atoms with Crippen LogP contribution in [-0.4, -0.2) is 31.6 Å². The van der Waals surface area contributed by atoms with Gasteiger partial charge in [-0.05, 0) is 32.0 Å². The lowest BCUT2D eigenvalue weighted by Gasteiger charge is -2.13. The van der Waals surface area contributed by atoms with Crippen LogP contribution in [0, 0.1) is 13.8 Å². The van der Waals surface area contributed by atoms with E-state index in [1.54, 1.807) is 26.0 Å². The zero-order chi connectivity index (χ0) is 17.2. The first-order chi connectivity index (χ1) is 10.7. The van der Waals surface area contributed by atoms with Crippen LogP contribution in [-0.2, 0) is 14.8 Å². The van der Waals surface area contributed by atoms with E-state index in [0.717, 1.165) is 0 Å². The number of aromatic amines is 1. The van der Waals surface area contributed by atoms with Crippen LogP contribution in [0.1, 0.15) is 18.3 Å². The third-order valence-electron chi connectivity index (χ3n) is 3.09. The molecule has 3 N–H and O–H groups in total. The lowest BCUT2D eigenvalue weighted by Crippen LogP contribution is -2.15. The van der Waals surface area contributed by atoms with Crippen molar-refractivity contribution in [2.75, 3.05) is 17.1 Å². The summed E-state index contributed by atoms with van der Waals surface area (Å²) in [6, 6.07) is 4.60. The third kappa shape index (κ3) is 3.62. The zero-order valence-electron chi connectivity index (χ0n) is 13.2. The molecule has 0 atom stereocenters. The SMILES string of the molecule is COc1ccc(NS(=O)(=O)c2c(C)n[nH]c2C)cc1NC(C)=O. The number of rotatable bonds is 5. The molecule has 1 heterocycles. The first-order valence-corrected chi connectivity index (χ1v) is 8.23. The lowest BCUT2D eigenvalue weighted by atomic mass is 10.2. The van der Waals surface area contributed by atoms with Crippen LogP contribution in [0.4, 0.5) is 11.4 Å². The molecule has 124 valence electrons. The van der Waals surface area contributed by atoms with Crippen LogP contribution in [0.3, 0.4) is 0 Å². The van der Waals surface area contributed by atoms with Crippen molar-refractivity contribution in [3.05, 3.63) is 29.6 Å². The number of aromatic nitrogens is 2. The highest BCUT2D eigenvalue weighted by molar-refractivity contribution is 7.92. The van der Waals surface area contributed by atoms with E-state index in [4.69, 9.17) is 4.74 Å². The van der Waals surface area contributed by atoms with Crippen LogP contribution < -0.4 is 14.8 Å². The van der Waals surface area contributed by atoms with E-state index in [1.165, 1.54) is 20.1 Å². The van der Waals surface area contributed by atoms with E-state index in [1.807, 2.05) is 0 Å². The van der Waals surface area contributed by atoms with E-state index in [-0.39, 0.29) is 10.8 Å². The summed E-state index contributed by atoms with van der Waals surface area (Å²) in [7, 11) is -2.33. The largest absolute Gasteiger partial charge is 0.495 e. The Hall–Kier alpha value is -2.55. The normalized spacial score (nSPS) is 11.1. The van der Waals surface area contributed by atoms with Crippen molar-refractivity contribution >= 4 is 27.3 Å². The average molecular weight is 338 g/mol. The maximum atomic E-state index is 12.5. The first kappa shape index (κ1) is 16.8. The average Bonchev–Trinajstić information content (AvgIpc) is 2.78. The van der Waals surface area contributed by atoms with Gasteiger partial charge in [-0.3, -0.25) is 14.6 Å². The number of hydrogen-bond donors (Lipinski definition) is 3. The zero-order valence-corrected chi connectivity index (χ0v) is 14.0. The second-order valence-electron chi connectivity index (χ2n) is 4.96.